The minimum absolute atomic E-state index is 0.0795. The number of hydrogen-bond acceptors (Lipinski definition) is 4. The van der Waals surface area contributed by atoms with E-state index < -0.39 is 0 Å². The standard InChI is InChI=1S/C15H20N2O3/c1-19-7-4-12-10-20-14-9-17(8-13(12)14)15(18)11-2-5-16-6-3-11/h2-3,5-6,12-14H,4,7-10H2,1H3/t12-,13-,14-/m0/s1. The molecule has 1 aromatic heterocycles. The van der Waals surface area contributed by atoms with E-state index in [1.165, 1.54) is 0 Å². The predicted molar refractivity (Wildman–Crippen MR) is 73.4 cm³/mol. The van der Waals surface area contributed by atoms with E-state index in [0.717, 1.165) is 26.2 Å². The van der Waals surface area contributed by atoms with Crippen LogP contribution in [0.4, 0.5) is 0 Å². The Labute approximate surface area is 118 Å². The highest BCUT2D eigenvalue weighted by Crippen LogP contribution is 2.35. The van der Waals surface area contributed by atoms with Crippen LogP contribution < -0.4 is 0 Å². The fourth-order valence-corrected chi connectivity index (χ4v) is 3.21. The second-order valence-electron chi connectivity index (χ2n) is 5.52. The minimum Gasteiger partial charge on any atom is -0.385 e. The third-order valence-electron chi connectivity index (χ3n) is 4.35. The molecule has 2 saturated heterocycles. The molecule has 1 amide bonds. The Morgan fingerprint density at radius 3 is 3.00 bits per heavy atom. The lowest BCUT2D eigenvalue weighted by molar-refractivity contribution is 0.0666. The van der Waals surface area contributed by atoms with Crippen molar-refractivity contribution in [2.24, 2.45) is 11.8 Å². The van der Waals surface area contributed by atoms with E-state index in [4.69, 9.17) is 9.47 Å². The number of carbonyl (C=O) groups excluding carboxylic acids is 1. The summed E-state index contributed by atoms with van der Waals surface area (Å²) in [5.41, 5.74) is 0.702. The molecule has 2 aliphatic heterocycles. The van der Waals surface area contributed by atoms with Gasteiger partial charge in [-0.15, -0.1) is 0 Å². The Morgan fingerprint density at radius 1 is 1.45 bits per heavy atom. The molecule has 20 heavy (non-hydrogen) atoms. The molecule has 0 saturated carbocycles. The Balaban J connectivity index is 1.64. The van der Waals surface area contributed by atoms with Crippen molar-refractivity contribution in [2.75, 3.05) is 33.4 Å². The number of likely N-dealkylation sites (tertiary alicyclic amines) is 1. The van der Waals surface area contributed by atoms with E-state index >= 15 is 0 Å². The maximum Gasteiger partial charge on any atom is 0.254 e. The fourth-order valence-electron chi connectivity index (χ4n) is 3.21. The molecule has 3 atom stereocenters. The summed E-state index contributed by atoms with van der Waals surface area (Å²) in [4.78, 5) is 18.3. The van der Waals surface area contributed by atoms with Gasteiger partial charge in [-0.25, -0.2) is 0 Å². The van der Waals surface area contributed by atoms with Gasteiger partial charge in [0.25, 0.3) is 5.91 Å². The number of aromatic nitrogens is 1. The largest absolute Gasteiger partial charge is 0.385 e. The Kier molecular flexibility index (Phi) is 3.98. The lowest BCUT2D eigenvalue weighted by Gasteiger charge is -2.19. The van der Waals surface area contributed by atoms with Crippen molar-refractivity contribution in [1.82, 2.24) is 9.88 Å². The Hall–Kier alpha value is -1.46. The SMILES string of the molecule is COCC[C@H]1CO[C@H]2CN(C(=O)c3ccncc3)C[C@@H]12. The van der Waals surface area contributed by atoms with Crippen LogP contribution in [0.15, 0.2) is 24.5 Å². The highest BCUT2D eigenvalue weighted by atomic mass is 16.5. The summed E-state index contributed by atoms with van der Waals surface area (Å²) in [5, 5.41) is 0. The summed E-state index contributed by atoms with van der Waals surface area (Å²) in [6, 6.07) is 3.53. The molecule has 0 aromatic carbocycles. The van der Waals surface area contributed by atoms with E-state index in [0.29, 0.717) is 23.9 Å². The van der Waals surface area contributed by atoms with Crippen molar-refractivity contribution in [3.63, 3.8) is 0 Å². The fraction of sp³-hybridized carbons (Fsp3) is 0.600. The highest BCUT2D eigenvalue weighted by Gasteiger charge is 2.44. The van der Waals surface area contributed by atoms with Crippen molar-refractivity contribution < 1.29 is 14.3 Å². The van der Waals surface area contributed by atoms with Crippen molar-refractivity contribution >= 4 is 5.91 Å². The number of pyridine rings is 1. The molecule has 5 heteroatoms. The quantitative estimate of drug-likeness (QED) is 0.829. The highest BCUT2D eigenvalue weighted by molar-refractivity contribution is 5.94. The summed E-state index contributed by atoms with van der Waals surface area (Å²) in [5.74, 6) is 1.04. The number of rotatable bonds is 4. The molecule has 0 N–H and O–H groups in total. The van der Waals surface area contributed by atoms with E-state index in [-0.39, 0.29) is 12.0 Å². The average molecular weight is 276 g/mol. The van der Waals surface area contributed by atoms with Crippen molar-refractivity contribution in [3.05, 3.63) is 30.1 Å². The third-order valence-corrected chi connectivity index (χ3v) is 4.35. The van der Waals surface area contributed by atoms with Crippen molar-refractivity contribution in [2.45, 2.75) is 12.5 Å². The molecule has 0 bridgehead atoms. The zero-order valence-corrected chi connectivity index (χ0v) is 11.7. The molecule has 3 rings (SSSR count). The molecule has 2 fully saturated rings. The van der Waals surface area contributed by atoms with E-state index in [2.05, 4.69) is 4.98 Å². The molecule has 2 aliphatic rings. The van der Waals surface area contributed by atoms with Gasteiger partial charge in [0.05, 0.1) is 12.7 Å². The van der Waals surface area contributed by atoms with Crippen LogP contribution in [0.5, 0.6) is 0 Å². The van der Waals surface area contributed by atoms with Gasteiger partial charge in [-0.05, 0) is 24.5 Å². The number of methoxy groups -OCH3 is 1. The molecule has 1 aromatic rings. The van der Waals surface area contributed by atoms with E-state index in [9.17, 15) is 4.79 Å². The van der Waals surface area contributed by atoms with Crippen LogP contribution in [-0.2, 0) is 9.47 Å². The van der Waals surface area contributed by atoms with Crippen molar-refractivity contribution in [1.29, 1.82) is 0 Å². The van der Waals surface area contributed by atoms with Gasteiger partial charge >= 0.3 is 0 Å². The predicted octanol–water partition coefficient (Wildman–Crippen LogP) is 1.21. The smallest absolute Gasteiger partial charge is 0.254 e. The van der Waals surface area contributed by atoms with Gasteiger partial charge in [0.2, 0.25) is 0 Å². The van der Waals surface area contributed by atoms with Gasteiger partial charge in [0.15, 0.2) is 0 Å². The first-order valence-electron chi connectivity index (χ1n) is 7.09. The maximum absolute atomic E-state index is 12.4. The summed E-state index contributed by atoms with van der Waals surface area (Å²) >= 11 is 0. The molecular formula is C15H20N2O3. The first-order valence-corrected chi connectivity index (χ1v) is 7.09. The van der Waals surface area contributed by atoms with Gasteiger partial charge in [-0.3, -0.25) is 9.78 Å². The molecule has 0 aliphatic carbocycles. The van der Waals surface area contributed by atoms with Gasteiger partial charge < -0.3 is 14.4 Å². The van der Waals surface area contributed by atoms with Crippen LogP contribution in [0.1, 0.15) is 16.8 Å². The summed E-state index contributed by atoms with van der Waals surface area (Å²) < 4.78 is 11.0. The Morgan fingerprint density at radius 2 is 2.25 bits per heavy atom. The Bertz CT molecular complexity index is 465. The average Bonchev–Trinajstić information content (AvgIpc) is 3.06. The van der Waals surface area contributed by atoms with Gasteiger partial charge in [-0.2, -0.15) is 0 Å². The molecule has 0 spiro atoms. The van der Waals surface area contributed by atoms with Gasteiger partial charge in [0, 0.05) is 50.7 Å². The van der Waals surface area contributed by atoms with Crippen molar-refractivity contribution in [3.8, 4) is 0 Å². The van der Waals surface area contributed by atoms with E-state index in [1.807, 2.05) is 4.90 Å². The monoisotopic (exact) mass is 276 g/mol. The molecular weight excluding hydrogens is 256 g/mol. The van der Waals surface area contributed by atoms with Crippen LogP contribution in [0.3, 0.4) is 0 Å². The summed E-state index contributed by atoms with van der Waals surface area (Å²) in [6.07, 6.45) is 4.52. The van der Waals surface area contributed by atoms with Crippen LogP contribution in [0.25, 0.3) is 0 Å². The summed E-state index contributed by atoms with van der Waals surface area (Å²) in [6.45, 7) is 3.06. The first kappa shape index (κ1) is 13.5. The molecule has 108 valence electrons. The number of fused-ring (bicyclic) bond motifs is 1. The summed E-state index contributed by atoms with van der Waals surface area (Å²) in [7, 11) is 1.72. The second-order valence-corrected chi connectivity index (χ2v) is 5.52. The lowest BCUT2D eigenvalue weighted by Crippen LogP contribution is -2.31. The molecule has 3 heterocycles. The maximum atomic E-state index is 12.4. The number of carbonyl (C=O) groups is 1. The molecule has 5 nitrogen and oxygen atoms in total. The number of ether oxygens (including phenoxy) is 2. The number of hydrogen-bond donors (Lipinski definition) is 0. The molecule has 0 unspecified atom stereocenters. The number of nitrogens with zero attached hydrogens (tertiary/aromatic N) is 2. The van der Waals surface area contributed by atoms with Crippen LogP contribution in [0.2, 0.25) is 0 Å². The third kappa shape index (κ3) is 2.55. The number of amides is 1. The van der Waals surface area contributed by atoms with Gasteiger partial charge in [0.1, 0.15) is 0 Å². The van der Waals surface area contributed by atoms with Crippen LogP contribution >= 0.6 is 0 Å². The van der Waals surface area contributed by atoms with E-state index in [1.54, 1.807) is 31.6 Å². The molecule has 0 radical (unpaired) electrons. The first-order chi connectivity index (χ1) is 9.79. The van der Waals surface area contributed by atoms with Crippen LogP contribution in [0, 0.1) is 11.8 Å². The zero-order valence-electron chi connectivity index (χ0n) is 11.7. The second kappa shape index (κ2) is 5.89. The zero-order chi connectivity index (χ0) is 13.9. The topological polar surface area (TPSA) is 51.7 Å². The van der Waals surface area contributed by atoms with Crippen LogP contribution in [-0.4, -0.2) is 55.3 Å². The minimum atomic E-state index is 0.0795. The van der Waals surface area contributed by atoms with Gasteiger partial charge in [-0.1, -0.05) is 0 Å². The lowest BCUT2D eigenvalue weighted by atomic mass is 9.91. The normalized spacial score (nSPS) is 28.6.